The summed E-state index contributed by atoms with van der Waals surface area (Å²) in [7, 11) is 0. The number of aryl methyl sites for hydroxylation is 2. The standard InChI is InChI=1S/C22H22N2O3/c25-21(11-14-8-9-15-4-3-5-16(15)10-14)24-20(22(26)27)12-17-13-23-19-7-2-1-6-18(17)19/h1-2,6-10,13,20,23H,3-5,11-12H2,(H,24,25)(H,26,27). The van der Waals surface area contributed by atoms with Gasteiger partial charge in [-0.2, -0.15) is 0 Å². The fourth-order valence-corrected chi connectivity index (χ4v) is 3.89. The SMILES string of the molecule is O=C(Cc1ccc2c(c1)CCC2)NC(Cc1c[nH]c2ccccc12)C(=O)O. The summed E-state index contributed by atoms with van der Waals surface area (Å²) in [4.78, 5) is 27.3. The second-order valence-corrected chi connectivity index (χ2v) is 7.16. The van der Waals surface area contributed by atoms with E-state index in [1.807, 2.05) is 36.5 Å². The van der Waals surface area contributed by atoms with Crippen molar-refractivity contribution in [1.82, 2.24) is 10.3 Å². The highest BCUT2D eigenvalue weighted by molar-refractivity contribution is 5.87. The van der Waals surface area contributed by atoms with Crippen molar-refractivity contribution in [2.75, 3.05) is 0 Å². The Morgan fingerprint density at radius 2 is 1.93 bits per heavy atom. The van der Waals surface area contributed by atoms with Gasteiger partial charge in [0.1, 0.15) is 6.04 Å². The molecule has 0 spiro atoms. The molecule has 1 unspecified atom stereocenters. The van der Waals surface area contributed by atoms with Crippen LogP contribution < -0.4 is 5.32 Å². The van der Waals surface area contributed by atoms with Crippen LogP contribution in [-0.2, 0) is 35.3 Å². The minimum Gasteiger partial charge on any atom is -0.480 e. The lowest BCUT2D eigenvalue weighted by molar-refractivity contribution is -0.141. The minimum atomic E-state index is -1.03. The molecule has 1 atom stereocenters. The van der Waals surface area contributed by atoms with Crippen molar-refractivity contribution in [2.24, 2.45) is 0 Å². The van der Waals surface area contributed by atoms with Crippen molar-refractivity contribution in [1.29, 1.82) is 0 Å². The number of rotatable bonds is 6. The zero-order chi connectivity index (χ0) is 18.8. The van der Waals surface area contributed by atoms with Gasteiger partial charge in [-0.1, -0.05) is 36.4 Å². The first kappa shape index (κ1) is 17.3. The number of aromatic nitrogens is 1. The van der Waals surface area contributed by atoms with Crippen molar-refractivity contribution in [3.05, 3.63) is 70.9 Å². The molecule has 3 aromatic rings. The van der Waals surface area contributed by atoms with Crippen LogP contribution in [0.1, 0.15) is 28.7 Å². The Morgan fingerprint density at radius 1 is 1.11 bits per heavy atom. The largest absolute Gasteiger partial charge is 0.480 e. The molecule has 3 N–H and O–H groups in total. The molecule has 1 amide bonds. The second-order valence-electron chi connectivity index (χ2n) is 7.16. The summed E-state index contributed by atoms with van der Waals surface area (Å²) in [6.07, 6.45) is 5.58. The van der Waals surface area contributed by atoms with Crippen molar-refractivity contribution < 1.29 is 14.7 Å². The second kappa shape index (κ2) is 7.27. The van der Waals surface area contributed by atoms with Gasteiger partial charge in [0, 0.05) is 23.5 Å². The zero-order valence-electron chi connectivity index (χ0n) is 15.0. The first-order valence-electron chi connectivity index (χ1n) is 9.28. The van der Waals surface area contributed by atoms with E-state index >= 15 is 0 Å². The van der Waals surface area contributed by atoms with Crippen LogP contribution in [0.2, 0.25) is 0 Å². The predicted octanol–water partition coefficient (Wildman–Crippen LogP) is 3.01. The molecule has 0 bridgehead atoms. The van der Waals surface area contributed by atoms with E-state index in [-0.39, 0.29) is 18.7 Å². The van der Waals surface area contributed by atoms with Crippen LogP contribution in [0.5, 0.6) is 0 Å². The molecule has 2 aromatic carbocycles. The monoisotopic (exact) mass is 362 g/mol. The van der Waals surface area contributed by atoms with E-state index in [2.05, 4.69) is 22.4 Å². The summed E-state index contributed by atoms with van der Waals surface area (Å²) in [6, 6.07) is 12.9. The van der Waals surface area contributed by atoms with E-state index in [1.165, 1.54) is 11.1 Å². The quantitative estimate of drug-likeness (QED) is 0.630. The van der Waals surface area contributed by atoms with Gasteiger partial charge in [0.25, 0.3) is 0 Å². The predicted molar refractivity (Wildman–Crippen MR) is 104 cm³/mol. The summed E-state index contributed by atoms with van der Waals surface area (Å²) in [6.45, 7) is 0. The maximum atomic E-state index is 12.4. The molecule has 1 aliphatic rings. The number of fused-ring (bicyclic) bond motifs is 2. The Kier molecular flexibility index (Phi) is 4.67. The first-order valence-corrected chi connectivity index (χ1v) is 9.28. The smallest absolute Gasteiger partial charge is 0.326 e. The maximum Gasteiger partial charge on any atom is 0.326 e. The molecule has 0 radical (unpaired) electrons. The van der Waals surface area contributed by atoms with Gasteiger partial charge in [0.05, 0.1) is 6.42 Å². The van der Waals surface area contributed by atoms with Crippen molar-refractivity contribution in [3.8, 4) is 0 Å². The minimum absolute atomic E-state index is 0.199. The van der Waals surface area contributed by atoms with E-state index in [4.69, 9.17) is 0 Å². The van der Waals surface area contributed by atoms with Crippen molar-refractivity contribution >= 4 is 22.8 Å². The van der Waals surface area contributed by atoms with Gasteiger partial charge in [-0.05, 0) is 47.6 Å². The Balaban J connectivity index is 1.45. The average Bonchev–Trinajstić information content (AvgIpc) is 3.27. The van der Waals surface area contributed by atoms with Crippen LogP contribution in [0.15, 0.2) is 48.7 Å². The molecule has 138 valence electrons. The highest BCUT2D eigenvalue weighted by Crippen LogP contribution is 2.23. The number of nitrogens with one attached hydrogen (secondary N) is 2. The Morgan fingerprint density at radius 3 is 2.78 bits per heavy atom. The number of aliphatic carboxylic acids is 1. The summed E-state index contributed by atoms with van der Waals surface area (Å²) in [5, 5.41) is 13.2. The number of H-pyrrole nitrogens is 1. The van der Waals surface area contributed by atoms with E-state index < -0.39 is 12.0 Å². The lowest BCUT2D eigenvalue weighted by Gasteiger charge is -2.14. The number of amides is 1. The zero-order valence-corrected chi connectivity index (χ0v) is 15.0. The molecule has 4 rings (SSSR count). The number of hydrogen-bond acceptors (Lipinski definition) is 2. The van der Waals surface area contributed by atoms with Gasteiger partial charge in [0.15, 0.2) is 0 Å². The highest BCUT2D eigenvalue weighted by Gasteiger charge is 2.22. The first-order chi connectivity index (χ1) is 13.1. The molecular formula is C22H22N2O3. The van der Waals surface area contributed by atoms with Gasteiger partial charge in [-0.15, -0.1) is 0 Å². The third kappa shape index (κ3) is 3.72. The van der Waals surface area contributed by atoms with Gasteiger partial charge >= 0.3 is 5.97 Å². The molecule has 5 heteroatoms. The average molecular weight is 362 g/mol. The number of carboxylic acids is 1. The maximum absolute atomic E-state index is 12.4. The van der Waals surface area contributed by atoms with Gasteiger partial charge < -0.3 is 15.4 Å². The van der Waals surface area contributed by atoms with Crippen LogP contribution in [0.25, 0.3) is 10.9 Å². The summed E-state index contributed by atoms with van der Waals surface area (Å²) in [5.74, 6) is -1.29. The summed E-state index contributed by atoms with van der Waals surface area (Å²) in [5.41, 5.74) is 5.46. The normalized spacial score (nSPS) is 14.1. The molecule has 0 saturated heterocycles. The number of hydrogen-bond donors (Lipinski definition) is 3. The number of carbonyl (C=O) groups is 2. The lowest BCUT2D eigenvalue weighted by Crippen LogP contribution is -2.43. The van der Waals surface area contributed by atoms with Crippen molar-refractivity contribution in [2.45, 2.75) is 38.1 Å². The van der Waals surface area contributed by atoms with Gasteiger partial charge in [-0.25, -0.2) is 4.79 Å². The fourth-order valence-electron chi connectivity index (χ4n) is 3.89. The lowest BCUT2D eigenvalue weighted by atomic mass is 10.0. The van der Waals surface area contributed by atoms with Crippen LogP contribution in [-0.4, -0.2) is 28.0 Å². The molecule has 1 heterocycles. The topological polar surface area (TPSA) is 82.2 Å². The van der Waals surface area contributed by atoms with Crippen LogP contribution in [0.4, 0.5) is 0 Å². The molecule has 0 fully saturated rings. The van der Waals surface area contributed by atoms with E-state index in [9.17, 15) is 14.7 Å². The van der Waals surface area contributed by atoms with Crippen LogP contribution >= 0.6 is 0 Å². The Hall–Kier alpha value is -3.08. The van der Waals surface area contributed by atoms with Crippen LogP contribution in [0, 0.1) is 0 Å². The molecule has 1 aromatic heterocycles. The molecule has 27 heavy (non-hydrogen) atoms. The van der Waals surface area contributed by atoms with Crippen LogP contribution in [0.3, 0.4) is 0 Å². The third-order valence-corrected chi connectivity index (χ3v) is 5.26. The van der Waals surface area contributed by atoms with Crippen molar-refractivity contribution in [3.63, 3.8) is 0 Å². The third-order valence-electron chi connectivity index (χ3n) is 5.26. The molecular weight excluding hydrogens is 340 g/mol. The number of carbonyl (C=O) groups excluding carboxylic acids is 1. The van der Waals surface area contributed by atoms with E-state index in [0.717, 1.165) is 41.3 Å². The number of carboxylic acid groups (broad SMARTS) is 1. The molecule has 0 aliphatic heterocycles. The summed E-state index contributed by atoms with van der Waals surface area (Å²) < 4.78 is 0. The molecule has 0 saturated carbocycles. The number of benzene rings is 2. The number of para-hydroxylation sites is 1. The van der Waals surface area contributed by atoms with Gasteiger partial charge in [0.2, 0.25) is 5.91 Å². The fraction of sp³-hybridized carbons (Fsp3) is 0.273. The summed E-state index contributed by atoms with van der Waals surface area (Å²) >= 11 is 0. The molecule has 5 nitrogen and oxygen atoms in total. The molecule has 1 aliphatic carbocycles. The van der Waals surface area contributed by atoms with Gasteiger partial charge in [-0.3, -0.25) is 4.79 Å². The highest BCUT2D eigenvalue weighted by atomic mass is 16.4. The van der Waals surface area contributed by atoms with E-state index in [1.54, 1.807) is 0 Å². The van der Waals surface area contributed by atoms with E-state index in [0.29, 0.717) is 0 Å². The Bertz CT molecular complexity index is 1010. The Labute approximate surface area is 157 Å². The number of aromatic amines is 1.